The molecule has 0 fully saturated rings. The van der Waals surface area contributed by atoms with Crippen LogP contribution in [-0.4, -0.2) is 29.7 Å². The monoisotopic (exact) mass is 183 g/mol. The summed E-state index contributed by atoms with van der Waals surface area (Å²) < 4.78 is 0. The Kier molecular flexibility index (Phi) is 3.42. The summed E-state index contributed by atoms with van der Waals surface area (Å²) in [6.07, 6.45) is 1.66. The lowest BCUT2D eigenvalue weighted by molar-refractivity contribution is -0.131. The summed E-state index contributed by atoms with van der Waals surface area (Å²) in [5, 5.41) is 5.77. The molecule has 4 nitrogen and oxygen atoms in total. The van der Waals surface area contributed by atoms with E-state index in [1.165, 1.54) is 0 Å². The lowest BCUT2D eigenvalue weighted by atomic mass is 10.0. The molecule has 0 aromatic carbocycles. The number of nitrogens with zero attached hydrogens (tertiary/aromatic N) is 2. The van der Waals surface area contributed by atoms with Crippen LogP contribution in [0.15, 0.2) is 5.10 Å². The predicted octanol–water partition coefficient (Wildman–Crippen LogP) is 0.580. The number of carbonyl (C=O) groups excluding carboxylic acids is 1. The third-order valence-corrected chi connectivity index (χ3v) is 2.23. The second-order valence-corrected chi connectivity index (χ2v) is 3.33. The summed E-state index contributed by atoms with van der Waals surface area (Å²) in [5.41, 5.74) is 6.33. The molecule has 0 bridgehead atoms. The second-order valence-electron chi connectivity index (χ2n) is 3.33. The molecule has 0 aromatic rings. The summed E-state index contributed by atoms with van der Waals surface area (Å²) in [6, 6.07) is 0. The number of carbonyl (C=O) groups is 1. The summed E-state index contributed by atoms with van der Waals surface area (Å²) in [5.74, 6) is 0.0568. The van der Waals surface area contributed by atoms with E-state index in [1.54, 1.807) is 5.01 Å². The summed E-state index contributed by atoms with van der Waals surface area (Å²) in [7, 11) is 0. The lowest BCUT2D eigenvalue weighted by Crippen LogP contribution is -2.29. The maximum absolute atomic E-state index is 11.7. The number of hydrazone groups is 1. The minimum absolute atomic E-state index is 0.0588. The van der Waals surface area contributed by atoms with Gasteiger partial charge >= 0.3 is 0 Å². The summed E-state index contributed by atoms with van der Waals surface area (Å²) in [4.78, 5) is 11.7. The maximum atomic E-state index is 11.7. The van der Waals surface area contributed by atoms with E-state index in [0.29, 0.717) is 13.0 Å². The molecular formula is C9H17N3O. The van der Waals surface area contributed by atoms with Gasteiger partial charge in [-0.1, -0.05) is 6.92 Å². The Balaban J connectivity index is 2.62. The molecule has 0 saturated carbocycles. The van der Waals surface area contributed by atoms with Crippen LogP contribution in [0.5, 0.6) is 0 Å². The van der Waals surface area contributed by atoms with Crippen molar-refractivity contribution in [2.24, 2.45) is 16.8 Å². The van der Waals surface area contributed by atoms with Gasteiger partial charge in [-0.25, -0.2) is 5.01 Å². The second kappa shape index (κ2) is 4.37. The topological polar surface area (TPSA) is 58.7 Å². The van der Waals surface area contributed by atoms with Gasteiger partial charge < -0.3 is 5.73 Å². The lowest BCUT2D eigenvalue weighted by Gasteiger charge is -2.12. The van der Waals surface area contributed by atoms with E-state index >= 15 is 0 Å². The predicted molar refractivity (Wildman–Crippen MR) is 52.3 cm³/mol. The average molecular weight is 183 g/mol. The first-order chi connectivity index (χ1) is 6.20. The molecule has 1 rings (SSSR count). The fourth-order valence-electron chi connectivity index (χ4n) is 1.54. The van der Waals surface area contributed by atoms with E-state index in [1.807, 2.05) is 13.8 Å². The molecule has 0 radical (unpaired) electrons. The van der Waals surface area contributed by atoms with Crippen LogP contribution < -0.4 is 5.73 Å². The highest BCUT2D eigenvalue weighted by atomic mass is 16.2. The molecule has 0 saturated heterocycles. The fourth-order valence-corrected chi connectivity index (χ4v) is 1.54. The summed E-state index contributed by atoms with van der Waals surface area (Å²) >= 11 is 0. The molecule has 1 atom stereocenters. The smallest absolute Gasteiger partial charge is 0.251 e. The molecule has 2 N–H and O–H groups in total. The van der Waals surface area contributed by atoms with E-state index < -0.39 is 0 Å². The standard InChI is InChI=1S/C9H17N3O/c1-3-6-12-9(13)8(4-5-10)7(2)11-12/h8H,3-6,10H2,1-2H3. The van der Waals surface area contributed by atoms with Crippen LogP contribution in [0.25, 0.3) is 0 Å². The highest BCUT2D eigenvalue weighted by Gasteiger charge is 2.31. The number of hydrogen-bond acceptors (Lipinski definition) is 3. The maximum Gasteiger partial charge on any atom is 0.251 e. The van der Waals surface area contributed by atoms with Gasteiger partial charge in [-0.2, -0.15) is 5.10 Å². The largest absolute Gasteiger partial charge is 0.330 e. The molecule has 1 aliphatic rings. The SMILES string of the molecule is CCCN1N=C(C)C(CCN)C1=O. The van der Waals surface area contributed by atoms with Gasteiger partial charge in [0.1, 0.15) is 0 Å². The van der Waals surface area contributed by atoms with Crippen molar-refractivity contribution < 1.29 is 4.79 Å². The van der Waals surface area contributed by atoms with Crippen molar-refractivity contribution in [2.75, 3.05) is 13.1 Å². The molecule has 1 amide bonds. The molecule has 13 heavy (non-hydrogen) atoms. The van der Waals surface area contributed by atoms with Gasteiger partial charge in [-0.3, -0.25) is 4.79 Å². The summed E-state index contributed by atoms with van der Waals surface area (Å²) in [6.45, 7) is 5.20. The zero-order valence-corrected chi connectivity index (χ0v) is 8.29. The zero-order chi connectivity index (χ0) is 9.84. The first kappa shape index (κ1) is 10.2. The Bertz CT molecular complexity index is 225. The van der Waals surface area contributed by atoms with Crippen molar-refractivity contribution in [3.8, 4) is 0 Å². The van der Waals surface area contributed by atoms with Crippen LogP contribution in [0, 0.1) is 5.92 Å². The Labute approximate surface area is 78.8 Å². The molecule has 0 aromatic heterocycles. The van der Waals surface area contributed by atoms with Gasteiger partial charge in [0.2, 0.25) is 0 Å². The molecule has 4 heteroatoms. The van der Waals surface area contributed by atoms with Crippen LogP contribution in [0.3, 0.4) is 0 Å². The molecule has 1 aliphatic heterocycles. The molecule has 1 heterocycles. The quantitative estimate of drug-likeness (QED) is 0.693. The molecule has 74 valence electrons. The van der Waals surface area contributed by atoms with Crippen molar-refractivity contribution in [1.82, 2.24) is 5.01 Å². The molecular weight excluding hydrogens is 166 g/mol. The van der Waals surface area contributed by atoms with E-state index in [2.05, 4.69) is 5.10 Å². The Hall–Kier alpha value is -0.900. The normalized spacial score (nSPS) is 22.4. The third kappa shape index (κ3) is 2.06. The zero-order valence-electron chi connectivity index (χ0n) is 8.29. The number of rotatable bonds is 4. The first-order valence-corrected chi connectivity index (χ1v) is 4.77. The van der Waals surface area contributed by atoms with E-state index in [4.69, 9.17) is 5.73 Å². The van der Waals surface area contributed by atoms with Crippen LogP contribution in [0.4, 0.5) is 0 Å². The van der Waals surface area contributed by atoms with Crippen LogP contribution in [-0.2, 0) is 4.79 Å². The minimum Gasteiger partial charge on any atom is -0.330 e. The highest BCUT2D eigenvalue weighted by Crippen LogP contribution is 2.18. The van der Waals surface area contributed by atoms with Gasteiger partial charge in [-0.05, 0) is 26.3 Å². The number of hydrogen-bond donors (Lipinski definition) is 1. The average Bonchev–Trinajstić information content (AvgIpc) is 2.34. The Morgan fingerprint density at radius 1 is 1.62 bits per heavy atom. The van der Waals surface area contributed by atoms with E-state index in [-0.39, 0.29) is 11.8 Å². The number of amides is 1. The fraction of sp³-hybridized carbons (Fsp3) is 0.778. The van der Waals surface area contributed by atoms with Crippen molar-refractivity contribution in [3.05, 3.63) is 0 Å². The van der Waals surface area contributed by atoms with Gasteiger partial charge in [0.15, 0.2) is 0 Å². The number of nitrogens with two attached hydrogens (primary N) is 1. The van der Waals surface area contributed by atoms with Crippen molar-refractivity contribution in [1.29, 1.82) is 0 Å². The molecule has 0 spiro atoms. The van der Waals surface area contributed by atoms with E-state index in [9.17, 15) is 4.79 Å². The molecule has 0 aliphatic carbocycles. The van der Waals surface area contributed by atoms with Gasteiger partial charge in [0, 0.05) is 12.3 Å². The van der Waals surface area contributed by atoms with Crippen molar-refractivity contribution in [2.45, 2.75) is 26.7 Å². The van der Waals surface area contributed by atoms with E-state index in [0.717, 1.165) is 18.7 Å². The molecule has 1 unspecified atom stereocenters. The van der Waals surface area contributed by atoms with Gasteiger partial charge in [0.25, 0.3) is 5.91 Å². The van der Waals surface area contributed by atoms with Crippen LogP contribution >= 0.6 is 0 Å². The third-order valence-electron chi connectivity index (χ3n) is 2.23. The van der Waals surface area contributed by atoms with Gasteiger partial charge in [0.05, 0.1) is 5.92 Å². The minimum atomic E-state index is -0.0588. The van der Waals surface area contributed by atoms with Crippen LogP contribution in [0.2, 0.25) is 0 Å². The Morgan fingerprint density at radius 2 is 2.31 bits per heavy atom. The first-order valence-electron chi connectivity index (χ1n) is 4.77. The van der Waals surface area contributed by atoms with Crippen molar-refractivity contribution in [3.63, 3.8) is 0 Å². The van der Waals surface area contributed by atoms with Gasteiger partial charge in [-0.15, -0.1) is 0 Å². The van der Waals surface area contributed by atoms with Crippen LogP contribution in [0.1, 0.15) is 26.7 Å². The Morgan fingerprint density at radius 3 is 2.85 bits per heavy atom. The van der Waals surface area contributed by atoms with Crippen molar-refractivity contribution >= 4 is 11.6 Å². The highest BCUT2D eigenvalue weighted by molar-refractivity contribution is 6.06.